The summed E-state index contributed by atoms with van der Waals surface area (Å²) in [4.78, 5) is 17.2. The van der Waals surface area contributed by atoms with Crippen molar-refractivity contribution in [2.24, 2.45) is 5.92 Å². The number of carbonyl (C=O) groups is 1. The van der Waals surface area contributed by atoms with E-state index in [0.29, 0.717) is 6.54 Å². The molecule has 0 saturated carbocycles. The zero-order chi connectivity index (χ0) is 11.4. The predicted octanol–water partition coefficient (Wildman–Crippen LogP) is 1.38. The molecule has 0 aliphatic carbocycles. The quantitative estimate of drug-likeness (QED) is 0.836. The monoisotopic (exact) mass is 220 g/mol. The highest BCUT2D eigenvalue weighted by molar-refractivity contribution is 5.70. The Balaban J connectivity index is 1.93. The number of pyridine rings is 1. The van der Waals surface area contributed by atoms with Gasteiger partial charge in [0.1, 0.15) is 0 Å². The van der Waals surface area contributed by atoms with E-state index in [4.69, 9.17) is 5.11 Å². The molecule has 1 aromatic heterocycles. The van der Waals surface area contributed by atoms with Gasteiger partial charge in [-0.25, -0.2) is 0 Å². The molecule has 1 saturated heterocycles. The first-order valence-corrected chi connectivity index (χ1v) is 5.60. The van der Waals surface area contributed by atoms with E-state index in [1.165, 1.54) is 0 Å². The number of nitrogens with zero attached hydrogens (tertiary/aromatic N) is 2. The van der Waals surface area contributed by atoms with Crippen LogP contribution in [-0.2, 0) is 11.3 Å². The van der Waals surface area contributed by atoms with Crippen molar-refractivity contribution >= 4 is 5.97 Å². The standard InChI is InChI=1S/C12H16N2O2/c15-12(16)11-4-2-6-14(9-11)8-10-3-1-5-13-7-10/h1,3,5,7,11H,2,4,6,8-9H2,(H,15,16). The highest BCUT2D eigenvalue weighted by atomic mass is 16.4. The maximum atomic E-state index is 10.9. The zero-order valence-corrected chi connectivity index (χ0v) is 9.17. The fraction of sp³-hybridized carbons (Fsp3) is 0.500. The lowest BCUT2D eigenvalue weighted by atomic mass is 9.98. The number of carboxylic acid groups (broad SMARTS) is 1. The lowest BCUT2D eigenvalue weighted by Crippen LogP contribution is -2.38. The molecule has 0 radical (unpaired) electrons. The molecule has 1 fully saturated rings. The molecular weight excluding hydrogens is 204 g/mol. The first-order valence-electron chi connectivity index (χ1n) is 5.60. The van der Waals surface area contributed by atoms with Gasteiger partial charge < -0.3 is 5.11 Å². The van der Waals surface area contributed by atoms with E-state index in [9.17, 15) is 4.79 Å². The first kappa shape index (κ1) is 11.1. The molecule has 86 valence electrons. The van der Waals surface area contributed by atoms with E-state index in [0.717, 1.165) is 31.5 Å². The average molecular weight is 220 g/mol. The van der Waals surface area contributed by atoms with Crippen LogP contribution in [0.4, 0.5) is 0 Å². The molecule has 4 nitrogen and oxygen atoms in total. The molecule has 1 N–H and O–H groups in total. The third kappa shape index (κ3) is 2.79. The maximum absolute atomic E-state index is 10.9. The Hall–Kier alpha value is -1.42. The number of piperidine rings is 1. The summed E-state index contributed by atoms with van der Waals surface area (Å²) in [6.07, 6.45) is 5.36. The minimum Gasteiger partial charge on any atom is -0.481 e. The van der Waals surface area contributed by atoms with Gasteiger partial charge in [-0.1, -0.05) is 6.07 Å². The van der Waals surface area contributed by atoms with Gasteiger partial charge in [0.05, 0.1) is 5.92 Å². The Morgan fingerprint density at radius 3 is 3.19 bits per heavy atom. The van der Waals surface area contributed by atoms with Gasteiger partial charge in [-0.3, -0.25) is 14.7 Å². The molecule has 1 aliphatic rings. The van der Waals surface area contributed by atoms with Crippen LogP contribution in [0.5, 0.6) is 0 Å². The van der Waals surface area contributed by atoms with Gasteiger partial charge >= 0.3 is 5.97 Å². The summed E-state index contributed by atoms with van der Waals surface area (Å²) in [6.45, 7) is 2.44. The normalized spacial score (nSPS) is 21.9. The molecule has 2 rings (SSSR count). The van der Waals surface area contributed by atoms with Gasteiger partial charge in [0.25, 0.3) is 0 Å². The molecule has 1 aliphatic heterocycles. The third-order valence-corrected chi connectivity index (χ3v) is 2.98. The van der Waals surface area contributed by atoms with Gasteiger partial charge in [0.15, 0.2) is 0 Å². The molecule has 1 atom stereocenters. The van der Waals surface area contributed by atoms with Crippen molar-refractivity contribution in [2.45, 2.75) is 19.4 Å². The lowest BCUT2D eigenvalue weighted by Gasteiger charge is -2.30. The number of aromatic nitrogens is 1. The summed E-state index contributed by atoms with van der Waals surface area (Å²) in [7, 11) is 0. The van der Waals surface area contributed by atoms with Crippen molar-refractivity contribution in [3.8, 4) is 0 Å². The van der Waals surface area contributed by atoms with Crippen molar-refractivity contribution in [3.05, 3.63) is 30.1 Å². The van der Waals surface area contributed by atoms with Crippen LogP contribution < -0.4 is 0 Å². The summed E-state index contributed by atoms with van der Waals surface area (Å²) in [6, 6.07) is 3.94. The first-order chi connectivity index (χ1) is 7.75. The van der Waals surface area contributed by atoms with E-state index in [-0.39, 0.29) is 5.92 Å². The molecular formula is C12H16N2O2. The molecule has 16 heavy (non-hydrogen) atoms. The summed E-state index contributed by atoms with van der Waals surface area (Å²) in [5, 5.41) is 8.98. The van der Waals surface area contributed by atoms with Crippen LogP contribution in [0, 0.1) is 5.92 Å². The molecule has 1 aromatic rings. The van der Waals surface area contributed by atoms with E-state index in [2.05, 4.69) is 9.88 Å². The highest BCUT2D eigenvalue weighted by Gasteiger charge is 2.25. The topological polar surface area (TPSA) is 53.4 Å². The van der Waals surface area contributed by atoms with Crippen LogP contribution in [0.15, 0.2) is 24.5 Å². The van der Waals surface area contributed by atoms with Crippen molar-refractivity contribution in [2.75, 3.05) is 13.1 Å². The SMILES string of the molecule is O=C(O)C1CCCN(Cc2cccnc2)C1. The van der Waals surface area contributed by atoms with Gasteiger partial charge in [0, 0.05) is 25.5 Å². The Morgan fingerprint density at radius 2 is 2.50 bits per heavy atom. The minimum absolute atomic E-state index is 0.203. The van der Waals surface area contributed by atoms with Crippen molar-refractivity contribution in [1.29, 1.82) is 0 Å². The van der Waals surface area contributed by atoms with E-state index in [1.807, 2.05) is 18.3 Å². The fourth-order valence-corrected chi connectivity index (χ4v) is 2.15. The maximum Gasteiger partial charge on any atom is 0.307 e. The van der Waals surface area contributed by atoms with E-state index in [1.54, 1.807) is 6.20 Å². The Labute approximate surface area is 94.9 Å². The van der Waals surface area contributed by atoms with Gasteiger partial charge in [0.2, 0.25) is 0 Å². The largest absolute Gasteiger partial charge is 0.481 e. The second kappa shape index (κ2) is 5.07. The number of likely N-dealkylation sites (tertiary alicyclic amines) is 1. The Bertz CT molecular complexity index is 353. The van der Waals surface area contributed by atoms with Crippen LogP contribution >= 0.6 is 0 Å². The van der Waals surface area contributed by atoms with Gasteiger partial charge in [-0.15, -0.1) is 0 Å². The van der Waals surface area contributed by atoms with Crippen LogP contribution in [0.25, 0.3) is 0 Å². The van der Waals surface area contributed by atoms with Crippen LogP contribution in [0.2, 0.25) is 0 Å². The van der Waals surface area contributed by atoms with Crippen molar-refractivity contribution in [3.63, 3.8) is 0 Å². The second-order valence-corrected chi connectivity index (χ2v) is 4.27. The molecule has 0 amide bonds. The fourth-order valence-electron chi connectivity index (χ4n) is 2.15. The molecule has 0 spiro atoms. The highest BCUT2D eigenvalue weighted by Crippen LogP contribution is 2.18. The minimum atomic E-state index is -0.670. The predicted molar refractivity (Wildman–Crippen MR) is 59.9 cm³/mol. The van der Waals surface area contributed by atoms with Crippen molar-refractivity contribution in [1.82, 2.24) is 9.88 Å². The Kier molecular flexibility index (Phi) is 3.51. The summed E-state index contributed by atoms with van der Waals surface area (Å²) >= 11 is 0. The smallest absolute Gasteiger partial charge is 0.307 e. The lowest BCUT2D eigenvalue weighted by molar-refractivity contribution is -0.143. The zero-order valence-electron chi connectivity index (χ0n) is 9.17. The molecule has 2 heterocycles. The molecule has 0 bridgehead atoms. The number of aliphatic carboxylic acids is 1. The van der Waals surface area contributed by atoms with Gasteiger partial charge in [-0.05, 0) is 31.0 Å². The molecule has 4 heteroatoms. The van der Waals surface area contributed by atoms with Crippen LogP contribution in [-0.4, -0.2) is 34.0 Å². The number of rotatable bonds is 3. The van der Waals surface area contributed by atoms with Crippen LogP contribution in [0.3, 0.4) is 0 Å². The van der Waals surface area contributed by atoms with Crippen LogP contribution in [0.1, 0.15) is 18.4 Å². The van der Waals surface area contributed by atoms with E-state index < -0.39 is 5.97 Å². The average Bonchev–Trinajstić information content (AvgIpc) is 2.30. The summed E-state index contributed by atoms with van der Waals surface area (Å²) < 4.78 is 0. The third-order valence-electron chi connectivity index (χ3n) is 2.98. The number of hydrogen-bond donors (Lipinski definition) is 1. The summed E-state index contributed by atoms with van der Waals surface area (Å²) in [5.74, 6) is -0.874. The number of carboxylic acids is 1. The molecule has 1 unspecified atom stereocenters. The summed E-state index contributed by atoms with van der Waals surface area (Å²) in [5.41, 5.74) is 1.15. The number of hydrogen-bond acceptors (Lipinski definition) is 3. The second-order valence-electron chi connectivity index (χ2n) is 4.27. The Morgan fingerprint density at radius 1 is 1.62 bits per heavy atom. The molecule has 0 aromatic carbocycles. The van der Waals surface area contributed by atoms with E-state index >= 15 is 0 Å². The van der Waals surface area contributed by atoms with Gasteiger partial charge in [-0.2, -0.15) is 0 Å². The van der Waals surface area contributed by atoms with Crippen molar-refractivity contribution < 1.29 is 9.90 Å².